The Balaban J connectivity index is 1.62. The highest BCUT2D eigenvalue weighted by Crippen LogP contribution is 2.07. The van der Waals surface area contributed by atoms with Crippen molar-refractivity contribution in [2.45, 2.75) is 13.1 Å². The van der Waals surface area contributed by atoms with E-state index in [1.807, 2.05) is 16.9 Å². The van der Waals surface area contributed by atoms with Gasteiger partial charge in [-0.3, -0.25) is 9.67 Å². The third kappa shape index (κ3) is 2.99. The zero-order chi connectivity index (χ0) is 13.8. The molecule has 1 aliphatic heterocycles. The fourth-order valence-corrected chi connectivity index (χ4v) is 2.32. The molecule has 0 radical (unpaired) electrons. The van der Waals surface area contributed by atoms with Crippen LogP contribution in [0.4, 0.5) is 0 Å². The van der Waals surface area contributed by atoms with Crippen LogP contribution >= 0.6 is 0 Å². The number of aliphatic imine (C=N–C) groups is 1. The predicted octanol–water partition coefficient (Wildman–Crippen LogP) is 1.32. The molecule has 104 valence electrons. The lowest BCUT2D eigenvalue weighted by Crippen LogP contribution is -2.35. The molecule has 1 aliphatic rings. The highest BCUT2D eigenvalue weighted by atomic mass is 15.3. The van der Waals surface area contributed by atoms with Crippen LogP contribution < -0.4 is 5.32 Å². The Morgan fingerprint density at radius 2 is 2.15 bits per heavy atom. The van der Waals surface area contributed by atoms with Gasteiger partial charge in [-0.25, -0.2) is 0 Å². The van der Waals surface area contributed by atoms with Crippen LogP contribution in [0, 0.1) is 0 Å². The summed E-state index contributed by atoms with van der Waals surface area (Å²) in [5.41, 5.74) is 2.52. The number of aromatic nitrogens is 2. The van der Waals surface area contributed by atoms with Gasteiger partial charge >= 0.3 is 0 Å². The maximum absolute atomic E-state index is 4.43. The molecule has 0 saturated carbocycles. The highest BCUT2D eigenvalue weighted by Gasteiger charge is 2.11. The number of nitrogens with one attached hydrogen (secondary N) is 1. The average Bonchev–Trinajstić information content (AvgIpc) is 3.09. The van der Waals surface area contributed by atoms with E-state index in [-0.39, 0.29) is 0 Å². The number of benzene rings is 1. The maximum atomic E-state index is 4.43. The van der Waals surface area contributed by atoms with Crippen molar-refractivity contribution in [3.8, 4) is 0 Å². The van der Waals surface area contributed by atoms with Crippen molar-refractivity contribution in [1.82, 2.24) is 20.0 Å². The summed E-state index contributed by atoms with van der Waals surface area (Å²) in [5, 5.41) is 7.62. The van der Waals surface area contributed by atoms with Gasteiger partial charge < -0.3 is 10.2 Å². The van der Waals surface area contributed by atoms with Crippen molar-refractivity contribution >= 4 is 5.96 Å². The Labute approximate surface area is 118 Å². The van der Waals surface area contributed by atoms with Gasteiger partial charge in [0.1, 0.15) is 0 Å². The van der Waals surface area contributed by atoms with Crippen molar-refractivity contribution < 1.29 is 0 Å². The van der Waals surface area contributed by atoms with E-state index in [2.05, 4.69) is 51.6 Å². The van der Waals surface area contributed by atoms with Gasteiger partial charge in [-0.2, -0.15) is 5.10 Å². The molecule has 20 heavy (non-hydrogen) atoms. The Bertz CT molecular complexity index is 588. The fourth-order valence-electron chi connectivity index (χ4n) is 2.32. The molecule has 0 atom stereocenters. The second-order valence-electron chi connectivity index (χ2n) is 5.00. The summed E-state index contributed by atoms with van der Waals surface area (Å²) >= 11 is 0. The molecule has 0 aliphatic carbocycles. The standard InChI is InChI=1S/C15H19N5/c1-19-9-7-16-15(19)17-11-13-4-2-5-14(10-13)12-20-8-3-6-18-20/h2-6,8,10H,7,9,11-12H2,1H3,(H,16,17). The SMILES string of the molecule is CN1CCN=C1NCc1cccc(Cn2cccn2)c1. The largest absolute Gasteiger partial charge is 0.352 e. The quantitative estimate of drug-likeness (QED) is 0.910. The number of rotatable bonds is 4. The normalized spacial score (nSPS) is 14.4. The predicted molar refractivity (Wildman–Crippen MR) is 79.5 cm³/mol. The van der Waals surface area contributed by atoms with E-state index in [1.165, 1.54) is 11.1 Å². The smallest absolute Gasteiger partial charge is 0.194 e. The van der Waals surface area contributed by atoms with Crippen LogP contribution in [0.15, 0.2) is 47.7 Å². The monoisotopic (exact) mass is 269 g/mol. The molecule has 0 unspecified atom stereocenters. The maximum Gasteiger partial charge on any atom is 0.194 e. The first-order valence-electron chi connectivity index (χ1n) is 6.86. The van der Waals surface area contributed by atoms with E-state index in [0.29, 0.717) is 0 Å². The minimum absolute atomic E-state index is 0.802. The van der Waals surface area contributed by atoms with Gasteiger partial charge in [0.05, 0.1) is 13.1 Å². The zero-order valence-electron chi connectivity index (χ0n) is 11.7. The lowest BCUT2D eigenvalue weighted by molar-refractivity contribution is 0.534. The lowest BCUT2D eigenvalue weighted by Gasteiger charge is -2.15. The Hall–Kier alpha value is -2.30. The van der Waals surface area contributed by atoms with Crippen molar-refractivity contribution in [3.63, 3.8) is 0 Å². The summed E-state index contributed by atoms with van der Waals surface area (Å²) in [6.07, 6.45) is 3.78. The van der Waals surface area contributed by atoms with Gasteiger partial charge in [0.25, 0.3) is 0 Å². The molecule has 1 aromatic heterocycles. The van der Waals surface area contributed by atoms with Crippen LogP contribution in [0.3, 0.4) is 0 Å². The molecule has 0 saturated heterocycles. The molecule has 0 bridgehead atoms. The van der Waals surface area contributed by atoms with Crippen molar-refractivity contribution in [3.05, 3.63) is 53.9 Å². The first kappa shape index (κ1) is 12.7. The molecule has 1 N–H and O–H groups in total. The average molecular weight is 269 g/mol. The molecular formula is C15H19N5. The summed E-state index contributed by atoms with van der Waals surface area (Å²) in [7, 11) is 2.06. The van der Waals surface area contributed by atoms with Gasteiger partial charge in [-0.15, -0.1) is 0 Å². The summed E-state index contributed by atoms with van der Waals surface area (Å²) in [6.45, 7) is 3.50. The number of guanidine groups is 1. The second-order valence-corrected chi connectivity index (χ2v) is 5.00. The molecule has 0 spiro atoms. The minimum Gasteiger partial charge on any atom is -0.352 e. The van der Waals surface area contributed by atoms with E-state index in [1.54, 1.807) is 6.20 Å². The van der Waals surface area contributed by atoms with E-state index >= 15 is 0 Å². The zero-order valence-corrected chi connectivity index (χ0v) is 11.7. The molecule has 2 heterocycles. The van der Waals surface area contributed by atoms with Gasteiger partial charge in [0.15, 0.2) is 5.96 Å². The van der Waals surface area contributed by atoms with E-state index in [9.17, 15) is 0 Å². The molecule has 0 fully saturated rings. The van der Waals surface area contributed by atoms with Gasteiger partial charge in [0.2, 0.25) is 0 Å². The Morgan fingerprint density at radius 1 is 1.25 bits per heavy atom. The summed E-state index contributed by atoms with van der Waals surface area (Å²) < 4.78 is 1.93. The van der Waals surface area contributed by atoms with Gasteiger partial charge in [-0.1, -0.05) is 24.3 Å². The Kier molecular flexibility index (Phi) is 3.67. The van der Waals surface area contributed by atoms with Crippen LogP contribution in [0.1, 0.15) is 11.1 Å². The second kappa shape index (κ2) is 5.77. The third-order valence-electron chi connectivity index (χ3n) is 3.40. The van der Waals surface area contributed by atoms with Crippen molar-refractivity contribution in [2.24, 2.45) is 4.99 Å². The van der Waals surface area contributed by atoms with Crippen LogP contribution in [-0.2, 0) is 13.1 Å². The molecule has 5 heteroatoms. The topological polar surface area (TPSA) is 45.5 Å². The molecule has 3 rings (SSSR count). The molecular weight excluding hydrogens is 250 g/mol. The van der Waals surface area contributed by atoms with Crippen LogP contribution in [0.5, 0.6) is 0 Å². The first-order valence-corrected chi connectivity index (χ1v) is 6.86. The van der Waals surface area contributed by atoms with Crippen molar-refractivity contribution in [1.29, 1.82) is 0 Å². The van der Waals surface area contributed by atoms with Crippen LogP contribution in [0.25, 0.3) is 0 Å². The molecule has 1 aromatic carbocycles. The van der Waals surface area contributed by atoms with E-state index in [0.717, 1.165) is 32.1 Å². The van der Waals surface area contributed by atoms with Gasteiger partial charge in [0, 0.05) is 32.5 Å². The molecule has 0 amide bonds. The first-order chi connectivity index (χ1) is 9.81. The number of nitrogens with zero attached hydrogens (tertiary/aromatic N) is 4. The fraction of sp³-hybridized carbons (Fsp3) is 0.333. The third-order valence-corrected chi connectivity index (χ3v) is 3.40. The Morgan fingerprint density at radius 3 is 2.90 bits per heavy atom. The van der Waals surface area contributed by atoms with E-state index < -0.39 is 0 Å². The van der Waals surface area contributed by atoms with Crippen LogP contribution in [0.2, 0.25) is 0 Å². The lowest BCUT2D eigenvalue weighted by atomic mass is 10.1. The minimum atomic E-state index is 0.802. The number of hydrogen-bond acceptors (Lipinski definition) is 4. The van der Waals surface area contributed by atoms with Crippen molar-refractivity contribution in [2.75, 3.05) is 20.1 Å². The molecule has 5 nitrogen and oxygen atoms in total. The number of likely N-dealkylation sites (N-methyl/N-ethyl adjacent to an activating group) is 1. The van der Waals surface area contributed by atoms with Crippen LogP contribution in [-0.4, -0.2) is 40.8 Å². The molecule has 2 aromatic rings. The van der Waals surface area contributed by atoms with E-state index in [4.69, 9.17) is 0 Å². The number of hydrogen-bond donors (Lipinski definition) is 1. The summed E-state index contributed by atoms with van der Waals surface area (Å²) in [4.78, 5) is 6.58. The summed E-state index contributed by atoms with van der Waals surface area (Å²) in [6, 6.07) is 10.5. The van der Waals surface area contributed by atoms with Gasteiger partial charge in [-0.05, 0) is 17.2 Å². The highest BCUT2D eigenvalue weighted by molar-refractivity contribution is 5.81. The summed E-state index contributed by atoms with van der Waals surface area (Å²) in [5.74, 6) is 0.988.